The molecule has 5 nitrogen and oxygen atoms in total. The number of ether oxygens (including phenoxy) is 2. The Morgan fingerprint density at radius 1 is 1.33 bits per heavy atom. The molecule has 21 heavy (non-hydrogen) atoms. The second kappa shape index (κ2) is 6.35. The van der Waals surface area contributed by atoms with E-state index < -0.39 is 5.97 Å². The van der Waals surface area contributed by atoms with Gasteiger partial charge in [-0.3, -0.25) is 4.79 Å². The average Bonchev–Trinajstić information content (AvgIpc) is 2.95. The van der Waals surface area contributed by atoms with E-state index in [0.717, 1.165) is 11.1 Å². The minimum absolute atomic E-state index is 0.0198. The zero-order chi connectivity index (χ0) is 15.6. The molecule has 2 rings (SSSR count). The number of aliphatic carboxylic acids is 1. The number of nitrogens with one attached hydrogen (secondary N) is 1. The fourth-order valence-corrected chi connectivity index (χ4v) is 2.77. The SMILES string of the molecule is COc1cc(C(C)C)cc(C2CC(C(=O)O)CN2)c1OC. The highest BCUT2D eigenvalue weighted by molar-refractivity contribution is 5.71. The van der Waals surface area contributed by atoms with E-state index >= 15 is 0 Å². The molecule has 2 unspecified atom stereocenters. The number of benzene rings is 1. The Hall–Kier alpha value is -1.75. The lowest BCUT2D eigenvalue weighted by Gasteiger charge is -2.20. The lowest BCUT2D eigenvalue weighted by atomic mass is 9.94. The Kier molecular flexibility index (Phi) is 4.73. The molecular formula is C16H23NO4. The van der Waals surface area contributed by atoms with Gasteiger partial charge >= 0.3 is 5.97 Å². The molecule has 0 spiro atoms. The highest BCUT2D eigenvalue weighted by Gasteiger charge is 2.32. The summed E-state index contributed by atoms with van der Waals surface area (Å²) >= 11 is 0. The number of rotatable bonds is 5. The van der Waals surface area contributed by atoms with Crippen LogP contribution < -0.4 is 14.8 Å². The molecular weight excluding hydrogens is 270 g/mol. The molecule has 2 N–H and O–H groups in total. The first-order valence-electron chi connectivity index (χ1n) is 7.19. The molecule has 5 heteroatoms. The van der Waals surface area contributed by atoms with E-state index in [1.807, 2.05) is 6.07 Å². The summed E-state index contributed by atoms with van der Waals surface area (Å²) in [6.07, 6.45) is 0.566. The Morgan fingerprint density at radius 2 is 2.05 bits per heavy atom. The fraction of sp³-hybridized carbons (Fsp3) is 0.562. The highest BCUT2D eigenvalue weighted by atomic mass is 16.5. The fourth-order valence-electron chi connectivity index (χ4n) is 2.77. The normalized spacial score (nSPS) is 21.6. The maximum absolute atomic E-state index is 11.1. The standard InChI is InChI=1S/C16H23NO4/c1-9(2)10-5-12(15(21-4)14(7-10)20-3)13-6-11(8-17-13)16(18)19/h5,7,9,11,13,17H,6,8H2,1-4H3,(H,18,19). The van der Waals surface area contributed by atoms with Crippen LogP contribution in [-0.4, -0.2) is 31.8 Å². The van der Waals surface area contributed by atoms with Crippen LogP contribution in [0.25, 0.3) is 0 Å². The van der Waals surface area contributed by atoms with Gasteiger partial charge in [0.25, 0.3) is 0 Å². The summed E-state index contributed by atoms with van der Waals surface area (Å²) in [6, 6.07) is 4.05. The molecule has 1 aromatic rings. The number of carboxylic acid groups (broad SMARTS) is 1. The Bertz CT molecular complexity index is 527. The third-order valence-electron chi connectivity index (χ3n) is 4.05. The minimum atomic E-state index is -0.754. The zero-order valence-corrected chi connectivity index (χ0v) is 13.0. The van der Waals surface area contributed by atoms with E-state index in [0.29, 0.717) is 30.4 Å². The number of hydrogen-bond acceptors (Lipinski definition) is 4. The van der Waals surface area contributed by atoms with Crippen molar-refractivity contribution in [2.24, 2.45) is 5.92 Å². The molecule has 0 bridgehead atoms. The molecule has 0 amide bonds. The maximum Gasteiger partial charge on any atom is 0.307 e. The third kappa shape index (κ3) is 3.13. The van der Waals surface area contributed by atoms with Crippen LogP contribution in [0.3, 0.4) is 0 Å². The number of methoxy groups -OCH3 is 2. The van der Waals surface area contributed by atoms with Crippen LogP contribution in [0.1, 0.15) is 43.4 Å². The summed E-state index contributed by atoms with van der Waals surface area (Å²) in [6.45, 7) is 4.72. The van der Waals surface area contributed by atoms with E-state index in [1.165, 1.54) is 0 Å². The van der Waals surface area contributed by atoms with Crippen LogP contribution >= 0.6 is 0 Å². The summed E-state index contributed by atoms with van der Waals surface area (Å²) in [7, 11) is 3.23. The van der Waals surface area contributed by atoms with Crippen molar-refractivity contribution in [2.45, 2.75) is 32.2 Å². The van der Waals surface area contributed by atoms with Crippen molar-refractivity contribution in [2.75, 3.05) is 20.8 Å². The van der Waals surface area contributed by atoms with Gasteiger partial charge in [-0.25, -0.2) is 0 Å². The molecule has 2 atom stereocenters. The first-order chi connectivity index (χ1) is 9.97. The van der Waals surface area contributed by atoms with Gasteiger partial charge in [0.2, 0.25) is 0 Å². The molecule has 0 saturated carbocycles. The van der Waals surface area contributed by atoms with Gasteiger partial charge in [-0.15, -0.1) is 0 Å². The summed E-state index contributed by atoms with van der Waals surface area (Å²) in [5.74, 6) is 0.634. The summed E-state index contributed by atoms with van der Waals surface area (Å²) in [5, 5.41) is 12.4. The number of carboxylic acids is 1. The van der Waals surface area contributed by atoms with E-state index in [2.05, 4.69) is 25.2 Å². The number of carbonyl (C=O) groups is 1. The van der Waals surface area contributed by atoms with Crippen molar-refractivity contribution < 1.29 is 19.4 Å². The maximum atomic E-state index is 11.1. The highest BCUT2D eigenvalue weighted by Crippen LogP contribution is 2.41. The van der Waals surface area contributed by atoms with E-state index in [4.69, 9.17) is 14.6 Å². The molecule has 1 aromatic carbocycles. The van der Waals surface area contributed by atoms with Crippen molar-refractivity contribution in [1.29, 1.82) is 0 Å². The summed E-state index contributed by atoms with van der Waals surface area (Å²) in [4.78, 5) is 11.1. The number of hydrogen-bond donors (Lipinski definition) is 2. The van der Waals surface area contributed by atoms with Gasteiger partial charge in [0.15, 0.2) is 11.5 Å². The van der Waals surface area contributed by atoms with Gasteiger partial charge in [-0.1, -0.05) is 13.8 Å². The predicted octanol–water partition coefficient (Wildman–Crippen LogP) is 2.56. The van der Waals surface area contributed by atoms with Crippen molar-refractivity contribution in [3.63, 3.8) is 0 Å². The molecule has 1 aliphatic rings. The van der Waals surface area contributed by atoms with E-state index in [-0.39, 0.29) is 12.0 Å². The molecule has 116 valence electrons. The van der Waals surface area contributed by atoms with Crippen LogP contribution in [0.2, 0.25) is 0 Å². The van der Waals surface area contributed by atoms with Gasteiger partial charge in [-0.2, -0.15) is 0 Å². The molecule has 1 fully saturated rings. The predicted molar refractivity (Wildman–Crippen MR) is 80.1 cm³/mol. The van der Waals surface area contributed by atoms with Gasteiger partial charge in [0.05, 0.1) is 20.1 Å². The second-order valence-corrected chi connectivity index (χ2v) is 5.73. The first kappa shape index (κ1) is 15.6. The second-order valence-electron chi connectivity index (χ2n) is 5.73. The van der Waals surface area contributed by atoms with E-state index in [1.54, 1.807) is 14.2 Å². The first-order valence-corrected chi connectivity index (χ1v) is 7.19. The van der Waals surface area contributed by atoms with Crippen LogP contribution in [0.5, 0.6) is 11.5 Å². The van der Waals surface area contributed by atoms with Crippen molar-refractivity contribution >= 4 is 5.97 Å². The molecule has 1 aliphatic heterocycles. The monoisotopic (exact) mass is 293 g/mol. The summed E-state index contributed by atoms with van der Waals surface area (Å²) in [5.41, 5.74) is 2.13. The van der Waals surface area contributed by atoms with Crippen LogP contribution in [0.4, 0.5) is 0 Å². The zero-order valence-electron chi connectivity index (χ0n) is 13.0. The van der Waals surface area contributed by atoms with Crippen LogP contribution in [0, 0.1) is 5.92 Å². The van der Waals surface area contributed by atoms with E-state index in [9.17, 15) is 4.79 Å². The average molecular weight is 293 g/mol. The molecule has 0 aromatic heterocycles. The topological polar surface area (TPSA) is 67.8 Å². The summed E-state index contributed by atoms with van der Waals surface area (Å²) < 4.78 is 10.9. The van der Waals surface area contributed by atoms with Gasteiger partial charge in [0, 0.05) is 18.2 Å². The van der Waals surface area contributed by atoms with Crippen molar-refractivity contribution in [3.8, 4) is 11.5 Å². The quantitative estimate of drug-likeness (QED) is 0.873. The molecule has 1 heterocycles. The lowest BCUT2D eigenvalue weighted by Crippen LogP contribution is -2.17. The van der Waals surface area contributed by atoms with Gasteiger partial charge < -0.3 is 19.9 Å². The van der Waals surface area contributed by atoms with Crippen molar-refractivity contribution in [1.82, 2.24) is 5.32 Å². The third-order valence-corrected chi connectivity index (χ3v) is 4.05. The van der Waals surface area contributed by atoms with Crippen LogP contribution in [0.15, 0.2) is 12.1 Å². The smallest absolute Gasteiger partial charge is 0.307 e. The minimum Gasteiger partial charge on any atom is -0.493 e. The lowest BCUT2D eigenvalue weighted by molar-refractivity contribution is -0.141. The Balaban J connectivity index is 2.41. The van der Waals surface area contributed by atoms with Crippen molar-refractivity contribution in [3.05, 3.63) is 23.3 Å². The van der Waals surface area contributed by atoms with Gasteiger partial charge in [-0.05, 0) is 30.0 Å². The Labute approximate surface area is 125 Å². The molecule has 0 aliphatic carbocycles. The molecule has 1 saturated heterocycles. The Morgan fingerprint density at radius 3 is 2.52 bits per heavy atom. The van der Waals surface area contributed by atoms with Crippen LogP contribution in [-0.2, 0) is 4.79 Å². The molecule has 0 radical (unpaired) electrons. The largest absolute Gasteiger partial charge is 0.493 e. The van der Waals surface area contributed by atoms with Gasteiger partial charge in [0.1, 0.15) is 0 Å².